The van der Waals surface area contributed by atoms with Crippen LogP contribution < -0.4 is 5.32 Å². The third-order valence-electron chi connectivity index (χ3n) is 3.91. The molecule has 2 rings (SSSR count). The van der Waals surface area contributed by atoms with E-state index in [1.54, 1.807) is 0 Å². The van der Waals surface area contributed by atoms with Crippen LogP contribution in [0.2, 0.25) is 0 Å². The van der Waals surface area contributed by atoms with Gasteiger partial charge in [0.25, 0.3) is 0 Å². The maximum absolute atomic E-state index is 12.5. The van der Waals surface area contributed by atoms with Crippen molar-refractivity contribution < 1.29 is 22.7 Å². The molecule has 6 heteroatoms. The van der Waals surface area contributed by atoms with Crippen molar-refractivity contribution in [2.45, 2.75) is 19.0 Å². The topological polar surface area (TPSA) is 38.3 Å². The fourth-order valence-electron chi connectivity index (χ4n) is 2.72. The van der Waals surface area contributed by atoms with Crippen LogP contribution >= 0.6 is 0 Å². The zero-order valence-electron chi connectivity index (χ0n) is 11.7. The molecule has 0 saturated carbocycles. The molecule has 116 valence electrons. The third-order valence-corrected chi connectivity index (χ3v) is 3.91. The number of ether oxygens (including phenoxy) is 1. The molecule has 2 atom stereocenters. The van der Waals surface area contributed by atoms with Gasteiger partial charge in [0.2, 0.25) is 0 Å². The highest BCUT2D eigenvalue weighted by atomic mass is 19.4. The molecule has 1 aromatic carbocycles. The lowest BCUT2D eigenvalue weighted by Gasteiger charge is -2.30. The minimum Gasteiger partial charge on any atom is -0.469 e. The Kier molecular flexibility index (Phi) is 4.88. The van der Waals surface area contributed by atoms with Crippen LogP contribution in [0.1, 0.15) is 17.5 Å². The molecular weight excluding hydrogens is 283 g/mol. The largest absolute Gasteiger partial charge is 0.469 e. The molecule has 0 amide bonds. The predicted octanol–water partition coefficient (Wildman–Crippen LogP) is 2.65. The lowest BCUT2D eigenvalue weighted by atomic mass is 9.82. The van der Waals surface area contributed by atoms with E-state index >= 15 is 0 Å². The Balaban J connectivity index is 2.07. The number of nitrogens with one attached hydrogen (secondary N) is 1. The quantitative estimate of drug-likeness (QED) is 0.872. The minimum atomic E-state index is -4.32. The van der Waals surface area contributed by atoms with E-state index in [0.717, 1.165) is 30.7 Å². The second-order valence-corrected chi connectivity index (χ2v) is 5.28. The molecule has 0 bridgehead atoms. The molecule has 0 aliphatic carbocycles. The molecule has 1 aliphatic heterocycles. The molecule has 1 fully saturated rings. The van der Waals surface area contributed by atoms with E-state index in [-0.39, 0.29) is 17.8 Å². The summed E-state index contributed by atoms with van der Waals surface area (Å²) in [6, 6.07) is 5.14. The number of esters is 1. The van der Waals surface area contributed by atoms with Gasteiger partial charge in [-0.3, -0.25) is 4.79 Å². The van der Waals surface area contributed by atoms with E-state index in [1.807, 2.05) is 0 Å². The van der Waals surface area contributed by atoms with Crippen molar-refractivity contribution in [2.24, 2.45) is 11.8 Å². The Hall–Kier alpha value is -1.56. The van der Waals surface area contributed by atoms with Crippen molar-refractivity contribution in [3.63, 3.8) is 0 Å². The van der Waals surface area contributed by atoms with Crippen LogP contribution in [-0.4, -0.2) is 26.2 Å². The standard InChI is InChI=1S/C15H18F3NO2/c1-21-14(20)13-9-19-7-6-11(13)8-10-2-4-12(5-3-10)15(16,17)18/h2-5,11,13,19H,6-9H2,1H3/t11-,13+/m1/s1. The van der Waals surface area contributed by atoms with Crippen molar-refractivity contribution >= 4 is 5.97 Å². The Labute approximate surface area is 121 Å². The SMILES string of the molecule is COC(=O)[C@H]1CNCC[C@@H]1Cc1ccc(C(F)(F)F)cc1. The average Bonchev–Trinajstić information content (AvgIpc) is 2.46. The second-order valence-electron chi connectivity index (χ2n) is 5.28. The highest BCUT2D eigenvalue weighted by Crippen LogP contribution is 2.30. The van der Waals surface area contributed by atoms with Gasteiger partial charge in [-0.15, -0.1) is 0 Å². The van der Waals surface area contributed by atoms with E-state index in [0.29, 0.717) is 13.0 Å². The van der Waals surface area contributed by atoms with E-state index < -0.39 is 11.7 Å². The van der Waals surface area contributed by atoms with Crippen LogP contribution in [0.15, 0.2) is 24.3 Å². The van der Waals surface area contributed by atoms with Gasteiger partial charge in [0.1, 0.15) is 0 Å². The van der Waals surface area contributed by atoms with Gasteiger partial charge in [0.05, 0.1) is 18.6 Å². The number of benzene rings is 1. The molecule has 1 heterocycles. The van der Waals surface area contributed by atoms with Gasteiger partial charge in [0.15, 0.2) is 0 Å². The highest BCUT2D eigenvalue weighted by Gasteiger charge is 2.32. The summed E-state index contributed by atoms with van der Waals surface area (Å²) in [5.41, 5.74) is 0.157. The van der Waals surface area contributed by atoms with Crippen LogP contribution in [0.4, 0.5) is 13.2 Å². The summed E-state index contributed by atoms with van der Waals surface area (Å²) in [7, 11) is 1.35. The molecular formula is C15H18F3NO2. The first-order valence-corrected chi connectivity index (χ1v) is 6.86. The number of methoxy groups -OCH3 is 1. The van der Waals surface area contributed by atoms with Crippen LogP contribution in [0.5, 0.6) is 0 Å². The molecule has 1 aliphatic rings. The fourth-order valence-corrected chi connectivity index (χ4v) is 2.72. The lowest BCUT2D eigenvalue weighted by Crippen LogP contribution is -2.42. The Morgan fingerprint density at radius 2 is 2.00 bits per heavy atom. The summed E-state index contributed by atoms with van der Waals surface area (Å²) in [6.07, 6.45) is -2.93. The van der Waals surface area contributed by atoms with Crippen LogP contribution in [0, 0.1) is 11.8 Å². The normalized spacial score (nSPS) is 22.9. The van der Waals surface area contributed by atoms with E-state index in [1.165, 1.54) is 19.2 Å². The number of carbonyl (C=O) groups is 1. The smallest absolute Gasteiger partial charge is 0.416 e. The van der Waals surface area contributed by atoms with Crippen LogP contribution in [0.25, 0.3) is 0 Å². The summed E-state index contributed by atoms with van der Waals surface area (Å²) in [5.74, 6) is -0.416. The highest BCUT2D eigenvalue weighted by molar-refractivity contribution is 5.73. The van der Waals surface area contributed by atoms with E-state index in [9.17, 15) is 18.0 Å². The van der Waals surface area contributed by atoms with E-state index in [2.05, 4.69) is 5.32 Å². The van der Waals surface area contributed by atoms with Gasteiger partial charge in [-0.05, 0) is 43.0 Å². The maximum atomic E-state index is 12.5. The van der Waals surface area contributed by atoms with Crippen molar-refractivity contribution in [1.29, 1.82) is 0 Å². The first-order chi connectivity index (χ1) is 9.91. The third kappa shape index (κ3) is 3.97. The van der Waals surface area contributed by atoms with Gasteiger partial charge in [-0.25, -0.2) is 0 Å². The zero-order chi connectivity index (χ0) is 15.5. The number of carbonyl (C=O) groups excluding carboxylic acids is 1. The van der Waals surface area contributed by atoms with Gasteiger partial charge in [-0.2, -0.15) is 13.2 Å². The molecule has 0 spiro atoms. The number of piperidine rings is 1. The van der Waals surface area contributed by atoms with Crippen LogP contribution in [0.3, 0.4) is 0 Å². The fraction of sp³-hybridized carbons (Fsp3) is 0.533. The van der Waals surface area contributed by atoms with Gasteiger partial charge in [-0.1, -0.05) is 12.1 Å². The average molecular weight is 301 g/mol. The number of halogens is 3. The van der Waals surface area contributed by atoms with Crippen molar-refractivity contribution in [1.82, 2.24) is 5.32 Å². The molecule has 1 aromatic rings. The summed E-state index contributed by atoms with van der Waals surface area (Å²) >= 11 is 0. The predicted molar refractivity (Wildman–Crippen MR) is 71.6 cm³/mol. The van der Waals surface area contributed by atoms with Crippen molar-refractivity contribution in [3.8, 4) is 0 Å². The molecule has 21 heavy (non-hydrogen) atoms. The second kappa shape index (κ2) is 6.47. The Morgan fingerprint density at radius 3 is 2.57 bits per heavy atom. The first kappa shape index (κ1) is 15.8. The molecule has 0 unspecified atom stereocenters. The number of hydrogen-bond donors (Lipinski definition) is 1. The molecule has 1 saturated heterocycles. The Morgan fingerprint density at radius 1 is 1.33 bits per heavy atom. The molecule has 0 aromatic heterocycles. The van der Waals surface area contributed by atoms with Crippen molar-refractivity contribution in [2.75, 3.05) is 20.2 Å². The first-order valence-electron chi connectivity index (χ1n) is 6.86. The minimum absolute atomic E-state index is 0.0930. The summed E-state index contributed by atoms with van der Waals surface area (Å²) < 4.78 is 42.4. The summed E-state index contributed by atoms with van der Waals surface area (Å²) in [6.45, 7) is 1.36. The molecule has 0 radical (unpaired) electrons. The van der Waals surface area contributed by atoms with E-state index in [4.69, 9.17) is 4.74 Å². The van der Waals surface area contributed by atoms with Crippen molar-refractivity contribution in [3.05, 3.63) is 35.4 Å². The summed E-state index contributed by atoms with van der Waals surface area (Å²) in [5, 5.41) is 3.15. The zero-order valence-corrected chi connectivity index (χ0v) is 11.7. The number of hydrogen-bond acceptors (Lipinski definition) is 3. The van der Waals surface area contributed by atoms with Gasteiger partial charge < -0.3 is 10.1 Å². The number of alkyl halides is 3. The monoisotopic (exact) mass is 301 g/mol. The Bertz CT molecular complexity index is 485. The lowest BCUT2D eigenvalue weighted by molar-refractivity contribution is -0.148. The molecule has 1 N–H and O–H groups in total. The summed E-state index contributed by atoms with van der Waals surface area (Å²) in [4.78, 5) is 11.7. The molecule has 3 nitrogen and oxygen atoms in total. The van der Waals surface area contributed by atoms with Crippen LogP contribution in [-0.2, 0) is 22.1 Å². The van der Waals surface area contributed by atoms with Gasteiger partial charge >= 0.3 is 12.1 Å². The van der Waals surface area contributed by atoms with Gasteiger partial charge in [0, 0.05) is 6.54 Å². The maximum Gasteiger partial charge on any atom is 0.416 e. The number of rotatable bonds is 3.